The van der Waals surface area contributed by atoms with E-state index < -0.39 is 7.60 Å². The molecule has 0 fully saturated rings. The molecular weight excluding hydrogens is 367 g/mol. The molecule has 0 N–H and O–H groups in total. The van der Waals surface area contributed by atoms with Gasteiger partial charge in [-0.15, -0.1) is 0 Å². The number of ether oxygens (including phenoxy) is 1. The van der Waals surface area contributed by atoms with Gasteiger partial charge in [0.2, 0.25) is 0 Å². The summed E-state index contributed by atoms with van der Waals surface area (Å²) in [4.78, 5) is 12.5. The molecule has 10 heteroatoms. The minimum atomic E-state index is -3.21. The molecule has 0 spiro atoms. The highest BCUT2D eigenvalue weighted by Crippen LogP contribution is 2.48. The number of aromatic nitrogens is 4. The lowest BCUT2D eigenvalue weighted by atomic mass is 10.2. The predicted molar refractivity (Wildman–Crippen MR) is 93.7 cm³/mol. The van der Waals surface area contributed by atoms with Gasteiger partial charge >= 0.3 is 7.60 Å². The van der Waals surface area contributed by atoms with Crippen molar-refractivity contribution in [3.05, 3.63) is 30.0 Å². The van der Waals surface area contributed by atoms with Gasteiger partial charge in [0, 0.05) is 6.42 Å². The minimum absolute atomic E-state index is 0.0274. The summed E-state index contributed by atoms with van der Waals surface area (Å²) < 4.78 is 30.6. The summed E-state index contributed by atoms with van der Waals surface area (Å²) in [5.41, 5.74) is 1.24. The molecule has 0 unspecified atom stereocenters. The maximum Gasteiger partial charge on any atom is 0.356 e. The van der Waals surface area contributed by atoms with Crippen LogP contribution >= 0.6 is 19.2 Å². The van der Waals surface area contributed by atoms with E-state index in [-0.39, 0.29) is 18.5 Å². The van der Waals surface area contributed by atoms with Crippen molar-refractivity contribution in [2.24, 2.45) is 0 Å². The summed E-state index contributed by atoms with van der Waals surface area (Å²) in [5.74, 6) is 0. The zero-order valence-corrected chi connectivity index (χ0v) is 15.7. The van der Waals surface area contributed by atoms with E-state index in [4.69, 9.17) is 25.4 Å². The van der Waals surface area contributed by atoms with E-state index in [1.807, 2.05) is 16.7 Å². The summed E-state index contributed by atoms with van der Waals surface area (Å²) in [6.07, 6.45) is 7.45. The maximum atomic E-state index is 12.5. The summed E-state index contributed by atoms with van der Waals surface area (Å²) in [5, 5.41) is 0.327. The molecule has 0 bridgehead atoms. The van der Waals surface area contributed by atoms with Crippen molar-refractivity contribution in [3.63, 3.8) is 0 Å². The van der Waals surface area contributed by atoms with Gasteiger partial charge in [-0.3, -0.25) is 4.57 Å². The van der Waals surface area contributed by atoms with Gasteiger partial charge in [0.1, 0.15) is 18.2 Å². The smallest absolute Gasteiger partial charge is 0.356 e. The second kappa shape index (κ2) is 7.93. The average Bonchev–Trinajstić information content (AvgIpc) is 3.20. The third-order valence-electron chi connectivity index (χ3n) is 3.79. The minimum Gasteiger partial charge on any atom is -0.361 e. The van der Waals surface area contributed by atoms with Crippen LogP contribution in [0.4, 0.5) is 0 Å². The number of hydrogen-bond donors (Lipinski definition) is 0. The van der Waals surface area contributed by atoms with Crippen LogP contribution in [0.2, 0.25) is 5.15 Å². The van der Waals surface area contributed by atoms with Crippen molar-refractivity contribution >= 4 is 30.4 Å². The quantitative estimate of drug-likeness (QED) is 0.389. The van der Waals surface area contributed by atoms with Crippen molar-refractivity contribution < 1.29 is 18.3 Å². The first-order chi connectivity index (χ1) is 12.1. The lowest BCUT2D eigenvalue weighted by molar-refractivity contribution is 0.0898. The molecule has 8 nitrogen and oxygen atoms in total. The highest BCUT2D eigenvalue weighted by molar-refractivity contribution is 7.53. The van der Waals surface area contributed by atoms with E-state index in [0.717, 1.165) is 0 Å². The normalized spacial score (nSPS) is 20.6. The molecule has 2 aromatic heterocycles. The Hall–Kier alpha value is -1.31. The Labute approximate surface area is 150 Å². The maximum absolute atomic E-state index is 12.5. The molecule has 2 aromatic rings. The fourth-order valence-electron chi connectivity index (χ4n) is 2.74. The van der Waals surface area contributed by atoms with Crippen LogP contribution < -0.4 is 0 Å². The van der Waals surface area contributed by atoms with Crippen LogP contribution in [0, 0.1) is 0 Å². The number of nitrogens with zero attached hydrogens (tertiary/aromatic N) is 4. The topological polar surface area (TPSA) is 88.4 Å². The van der Waals surface area contributed by atoms with Crippen molar-refractivity contribution in [2.45, 2.75) is 32.4 Å². The number of hydrogen-bond acceptors (Lipinski definition) is 7. The van der Waals surface area contributed by atoms with Gasteiger partial charge in [0.15, 0.2) is 10.8 Å². The van der Waals surface area contributed by atoms with Gasteiger partial charge < -0.3 is 18.4 Å². The molecule has 3 rings (SSSR count). The van der Waals surface area contributed by atoms with Crippen molar-refractivity contribution in [1.29, 1.82) is 0 Å². The van der Waals surface area contributed by atoms with E-state index in [0.29, 0.717) is 36.0 Å². The Balaban J connectivity index is 1.65. The fourth-order valence-corrected chi connectivity index (χ4v) is 4.30. The first kappa shape index (κ1) is 18.5. The van der Waals surface area contributed by atoms with E-state index in [1.165, 1.54) is 6.33 Å². The molecule has 0 saturated carbocycles. The monoisotopic (exact) mass is 386 g/mol. The predicted octanol–water partition coefficient (Wildman–Crippen LogP) is 3.59. The number of fused-ring (bicyclic) bond motifs is 1. The zero-order chi connectivity index (χ0) is 17.9. The Morgan fingerprint density at radius 1 is 1.24 bits per heavy atom. The molecule has 0 aromatic carbocycles. The van der Waals surface area contributed by atoms with E-state index >= 15 is 0 Å². The second-order valence-electron chi connectivity index (χ2n) is 5.46. The molecule has 0 amide bonds. The Morgan fingerprint density at radius 3 is 2.72 bits per heavy atom. The van der Waals surface area contributed by atoms with Gasteiger partial charge in [0.05, 0.1) is 31.7 Å². The first-order valence-electron chi connectivity index (χ1n) is 8.07. The lowest BCUT2D eigenvalue weighted by Gasteiger charge is -2.19. The molecule has 0 aliphatic heterocycles. The molecule has 1 aliphatic carbocycles. The highest BCUT2D eigenvalue weighted by Gasteiger charge is 2.28. The van der Waals surface area contributed by atoms with Crippen molar-refractivity contribution in [1.82, 2.24) is 19.5 Å². The summed E-state index contributed by atoms with van der Waals surface area (Å²) in [7, 11) is -3.21. The van der Waals surface area contributed by atoms with Crippen LogP contribution in [0.15, 0.2) is 24.8 Å². The largest absolute Gasteiger partial charge is 0.361 e. The van der Waals surface area contributed by atoms with Crippen molar-refractivity contribution in [3.8, 4) is 0 Å². The van der Waals surface area contributed by atoms with Gasteiger partial charge in [-0.25, -0.2) is 15.0 Å². The molecule has 136 valence electrons. The van der Waals surface area contributed by atoms with Gasteiger partial charge in [-0.05, 0) is 13.8 Å². The van der Waals surface area contributed by atoms with E-state index in [1.54, 1.807) is 20.2 Å². The molecule has 2 atom stereocenters. The third-order valence-corrected chi connectivity index (χ3v) is 5.84. The fraction of sp³-hybridized carbons (Fsp3) is 0.533. The molecule has 0 radical (unpaired) electrons. The average molecular weight is 387 g/mol. The molecule has 0 saturated heterocycles. The Bertz CT molecular complexity index is 802. The second-order valence-corrected chi connectivity index (χ2v) is 7.81. The first-order valence-corrected chi connectivity index (χ1v) is 10.2. The van der Waals surface area contributed by atoms with Crippen LogP contribution in [-0.4, -0.2) is 45.2 Å². The van der Waals surface area contributed by atoms with Crippen LogP contribution in [0.1, 0.15) is 26.3 Å². The standard InChI is InChI=1S/C15H20ClN4O4P/c1-3-23-25(21,24-4-2)10-22-12-6-5-11(7-12)20-9-19-13-14(16)17-8-18-15(13)20/h5-6,8-9,11-12H,3-4,7,10H2,1-2H3/t11-,12+/m0/s1. The number of rotatable bonds is 8. The lowest BCUT2D eigenvalue weighted by Crippen LogP contribution is -2.14. The number of imidazole rings is 1. The molecule has 2 heterocycles. The van der Waals surface area contributed by atoms with E-state index in [2.05, 4.69) is 15.0 Å². The van der Waals surface area contributed by atoms with Gasteiger partial charge in [-0.1, -0.05) is 23.8 Å². The Kier molecular flexibility index (Phi) is 5.86. The van der Waals surface area contributed by atoms with Crippen molar-refractivity contribution in [2.75, 3.05) is 19.6 Å². The van der Waals surface area contributed by atoms with Crippen LogP contribution in [-0.2, 0) is 18.3 Å². The van der Waals surface area contributed by atoms with Crippen LogP contribution in [0.3, 0.4) is 0 Å². The zero-order valence-electron chi connectivity index (χ0n) is 14.0. The number of halogens is 1. The SMILES string of the molecule is CCOP(=O)(CO[C@@H]1C=C[C@H](n2cnc3c(Cl)ncnc32)C1)OCC. The molecule has 1 aliphatic rings. The van der Waals surface area contributed by atoms with Gasteiger partial charge in [0.25, 0.3) is 0 Å². The van der Waals surface area contributed by atoms with Crippen LogP contribution in [0.25, 0.3) is 11.2 Å². The van der Waals surface area contributed by atoms with E-state index in [9.17, 15) is 4.57 Å². The third kappa shape index (κ3) is 4.10. The highest BCUT2D eigenvalue weighted by atomic mass is 35.5. The molecule has 25 heavy (non-hydrogen) atoms. The summed E-state index contributed by atoms with van der Waals surface area (Å²) in [6.45, 7) is 4.17. The van der Waals surface area contributed by atoms with Crippen LogP contribution in [0.5, 0.6) is 0 Å². The Morgan fingerprint density at radius 2 is 2.00 bits per heavy atom. The molecular formula is C15H20ClN4O4P. The number of allylic oxidation sites excluding steroid dienone is 1. The van der Waals surface area contributed by atoms with Gasteiger partial charge in [-0.2, -0.15) is 0 Å². The summed E-state index contributed by atoms with van der Waals surface area (Å²) >= 11 is 6.04. The summed E-state index contributed by atoms with van der Waals surface area (Å²) in [6, 6.07) is 0.0274.